The van der Waals surface area contributed by atoms with Crippen molar-refractivity contribution in [2.24, 2.45) is 0 Å². The van der Waals surface area contributed by atoms with E-state index in [9.17, 15) is 22.8 Å². The maximum atomic E-state index is 12.0. The normalized spacial score (nSPS) is 11.4. The van der Waals surface area contributed by atoms with Gasteiger partial charge in [0.05, 0.1) is 11.8 Å². The number of rotatable bonds is 4. The summed E-state index contributed by atoms with van der Waals surface area (Å²) in [6.45, 7) is 1.60. The molecule has 25 heavy (non-hydrogen) atoms. The van der Waals surface area contributed by atoms with Crippen molar-refractivity contribution in [2.75, 3.05) is 0 Å². The van der Waals surface area contributed by atoms with E-state index in [1.54, 1.807) is 6.92 Å². The largest absolute Gasteiger partial charge is 0.573 e. The van der Waals surface area contributed by atoms with Gasteiger partial charge in [0.25, 0.3) is 11.8 Å². The predicted octanol–water partition coefficient (Wildman–Crippen LogP) is 2.96. The molecule has 0 atom stereocenters. The number of benzene rings is 1. The molecule has 132 valence electrons. The number of aryl methyl sites for hydroxylation is 1. The summed E-state index contributed by atoms with van der Waals surface area (Å²) in [4.78, 5) is 23.4. The van der Waals surface area contributed by atoms with Crippen molar-refractivity contribution in [3.05, 3.63) is 59.6 Å². The smallest absolute Gasteiger partial charge is 0.469 e. The molecule has 2 amide bonds. The molecule has 2 aromatic rings. The summed E-state index contributed by atoms with van der Waals surface area (Å²) in [5.41, 5.74) is 5.13. The minimum absolute atomic E-state index is 0.282. The molecule has 0 fully saturated rings. The Morgan fingerprint density at radius 2 is 1.80 bits per heavy atom. The third-order valence-corrected chi connectivity index (χ3v) is 2.94. The standard InChI is InChI=1S/C16H13F3N2O4/c1-10-13(8-9-24-10)15(23)21-20-14(22)7-4-11-2-5-12(6-3-11)25-16(17,18)19/h2-9H,1H3,(H,20,22)(H,21,23)/b7-4+. The molecule has 0 bridgehead atoms. The van der Waals surface area contributed by atoms with E-state index in [2.05, 4.69) is 15.6 Å². The first-order valence-corrected chi connectivity index (χ1v) is 6.93. The summed E-state index contributed by atoms with van der Waals surface area (Å²) in [6, 6.07) is 6.39. The molecule has 1 heterocycles. The van der Waals surface area contributed by atoms with Crippen LogP contribution in [0.5, 0.6) is 5.75 Å². The summed E-state index contributed by atoms with van der Waals surface area (Å²) in [7, 11) is 0. The van der Waals surface area contributed by atoms with Crippen molar-refractivity contribution in [3.63, 3.8) is 0 Å². The number of hydrogen-bond donors (Lipinski definition) is 2. The van der Waals surface area contributed by atoms with E-state index >= 15 is 0 Å². The molecule has 0 saturated heterocycles. The summed E-state index contributed by atoms with van der Waals surface area (Å²) in [6.07, 6.45) is -0.939. The molecule has 1 aromatic heterocycles. The third-order valence-electron chi connectivity index (χ3n) is 2.94. The number of carbonyl (C=O) groups excluding carboxylic acids is 2. The summed E-state index contributed by atoms with van der Waals surface area (Å²) < 4.78 is 44.8. The Bertz CT molecular complexity index is 779. The van der Waals surface area contributed by atoms with E-state index in [1.807, 2.05) is 0 Å². The molecule has 2 N–H and O–H groups in total. The van der Waals surface area contributed by atoms with E-state index in [4.69, 9.17) is 4.42 Å². The van der Waals surface area contributed by atoms with Crippen LogP contribution in [0.25, 0.3) is 6.08 Å². The first-order valence-electron chi connectivity index (χ1n) is 6.93. The van der Waals surface area contributed by atoms with Crippen molar-refractivity contribution in [3.8, 4) is 5.75 Å². The summed E-state index contributed by atoms with van der Waals surface area (Å²) in [5.74, 6) is -1.12. The maximum Gasteiger partial charge on any atom is 0.573 e. The number of ether oxygens (including phenoxy) is 1. The van der Waals surface area contributed by atoms with Crippen LogP contribution in [-0.2, 0) is 4.79 Å². The zero-order valence-electron chi connectivity index (χ0n) is 12.9. The van der Waals surface area contributed by atoms with Crippen LogP contribution in [0, 0.1) is 6.92 Å². The number of carbonyl (C=O) groups is 2. The van der Waals surface area contributed by atoms with E-state index in [0.29, 0.717) is 11.3 Å². The molecule has 1 aromatic carbocycles. The van der Waals surface area contributed by atoms with Crippen molar-refractivity contribution in [1.29, 1.82) is 0 Å². The highest BCUT2D eigenvalue weighted by atomic mass is 19.4. The SMILES string of the molecule is Cc1occc1C(=O)NNC(=O)/C=C/c1ccc(OC(F)(F)F)cc1. The van der Waals surface area contributed by atoms with Gasteiger partial charge < -0.3 is 9.15 Å². The Balaban J connectivity index is 1.85. The Labute approximate surface area is 140 Å². The fourth-order valence-corrected chi connectivity index (χ4v) is 1.80. The highest BCUT2D eigenvalue weighted by Crippen LogP contribution is 2.22. The van der Waals surface area contributed by atoms with E-state index in [0.717, 1.165) is 18.2 Å². The van der Waals surface area contributed by atoms with Gasteiger partial charge in [-0.15, -0.1) is 13.2 Å². The molecule has 0 aliphatic rings. The van der Waals surface area contributed by atoms with Gasteiger partial charge in [-0.05, 0) is 36.8 Å². The van der Waals surface area contributed by atoms with Gasteiger partial charge in [0.1, 0.15) is 11.5 Å². The number of hydrazine groups is 1. The Hall–Kier alpha value is -3.23. The van der Waals surface area contributed by atoms with E-state index < -0.39 is 18.2 Å². The maximum absolute atomic E-state index is 12.0. The van der Waals surface area contributed by atoms with Gasteiger partial charge in [0.2, 0.25) is 0 Å². The van der Waals surface area contributed by atoms with Gasteiger partial charge in [-0.2, -0.15) is 0 Å². The van der Waals surface area contributed by atoms with Crippen molar-refractivity contribution in [1.82, 2.24) is 10.9 Å². The average Bonchev–Trinajstić information content (AvgIpc) is 2.96. The van der Waals surface area contributed by atoms with Crippen LogP contribution in [0.3, 0.4) is 0 Å². The Kier molecular flexibility index (Phi) is 5.48. The minimum Gasteiger partial charge on any atom is -0.469 e. The van der Waals surface area contributed by atoms with E-state index in [-0.39, 0.29) is 11.3 Å². The lowest BCUT2D eigenvalue weighted by molar-refractivity contribution is -0.274. The fourth-order valence-electron chi connectivity index (χ4n) is 1.80. The second-order valence-electron chi connectivity index (χ2n) is 4.78. The first-order chi connectivity index (χ1) is 11.7. The second kappa shape index (κ2) is 7.56. The zero-order chi connectivity index (χ0) is 18.4. The summed E-state index contributed by atoms with van der Waals surface area (Å²) >= 11 is 0. The van der Waals surface area contributed by atoms with Gasteiger partial charge in [-0.1, -0.05) is 12.1 Å². The van der Waals surface area contributed by atoms with Gasteiger partial charge in [-0.25, -0.2) is 0 Å². The van der Waals surface area contributed by atoms with Crippen LogP contribution in [0.15, 0.2) is 47.1 Å². The number of alkyl halides is 3. The number of amides is 2. The highest BCUT2D eigenvalue weighted by Gasteiger charge is 2.30. The quantitative estimate of drug-likeness (QED) is 0.653. The lowest BCUT2D eigenvalue weighted by Crippen LogP contribution is -2.40. The van der Waals surface area contributed by atoms with Crippen LogP contribution >= 0.6 is 0 Å². The lowest BCUT2D eigenvalue weighted by atomic mass is 10.2. The number of hydrogen-bond acceptors (Lipinski definition) is 4. The molecule has 0 unspecified atom stereocenters. The molecular weight excluding hydrogens is 341 g/mol. The molecule has 0 spiro atoms. The van der Waals surface area contributed by atoms with Crippen LogP contribution in [-0.4, -0.2) is 18.2 Å². The molecule has 9 heteroatoms. The van der Waals surface area contributed by atoms with Crippen molar-refractivity contribution >= 4 is 17.9 Å². The van der Waals surface area contributed by atoms with Crippen LogP contribution < -0.4 is 15.6 Å². The van der Waals surface area contributed by atoms with Gasteiger partial charge in [0.15, 0.2) is 0 Å². The molecule has 0 aliphatic carbocycles. The topological polar surface area (TPSA) is 80.6 Å². The van der Waals surface area contributed by atoms with Gasteiger partial charge in [0, 0.05) is 6.08 Å². The minimum atomic E-state index is -4.76. The van der Waals surface area contributed by atoms with Gasteiger partial charge in [-0.3, -0.25) is 20.4 Å². The molecular formula is C16H13F3N2O4. The first kappa shape index (κ1) is 18.1. The van der Waals surface area contributed by atoms with Crippen molar-refractivity contribution in [2.45, 2.75) is 13.3 Å². The third kappa shape index (κ3) is 5.72. The Morgan fingerprint density at radius 1 is 1.12 bits per heavy atom. The fraction of sp³-hybridized carbons (Fsp3) is 0.125. The lowest BCUT2D eigenvalue weighted by Gasteiger charge is -2.08. The summed E-state index contributed by atoms with van der Waals surface area (Å²) in [5, 5.41) is 0. The molecule has 0 radical (unpaired) electrons. The average molecular weight is 354 g/mol. The van der Waals surface area contributed by atoms with Crippen LogP contribution in [0.1, 0.15) is 21.7 Å². The van der Waals surface area contributed by atoms with Crippen molar-refractivity contribution < 1.29 is 31.9 Å². The monoisotopic (exact) mass is 354 g/mol. The highest BCUT2D eigenvalue weighted by molar-refractivity contribution is 5.98. The van der Waals surface area contributed by atoms with E-state index in [1.165, 1.54) is 30.5 Å². The second-order valence-corrected chi connectivity index (χ2v) is 4.78. The number of nitrogens with one attached hydrogen (secondary N) is 2. The zero-order valence-corrected chi connectivity index (χ0v) is 12.9. The molecule has 2 rings (SSSR count). The number of halogens is 3. The predicted molar refractivity (Wildman–Crippen MR) is 81.2 cm³/mol. The van der Waals surface area contributed by atoms with Crippen LogP contribution in [0.2, 0.25) is 0 Å². The van der Waals surface area contributed by atoms with Crippen LogP contribution in [0.4, 0.5) is 13.2 Å². The molecule has 0 saturated carbocycles. The Morgan fingerprint density at radius 3 is 2.36 bits per heavy atom. The van der Waals surface area contributed by atoms with Gasteiger partial charge >= 0.3 is 6.36 Å². The number of furan rings is 1. The molecule has 0 aliphatic heterocycles. The molecule has 6 nitrogen and oxygen atoms in total.